The predicted octanol–water partition coefficient (Wildman–Crippen LogP) is 1.72. The first-order valence-electron chi connectivity index (χ1n) is 7.22. The molecule has 1 saturated heterocycles. The summed E-state index contributed by atoms with van der Waals surface area (Å²) < 4.78 is 5.57. The third-order valence-corrected chi connectivity index (χ3v) is 3.69. The van der Waals surface area contributed by atoms with E-state index in [0.29, 0.717) is 25.7 Å². The highest BCUT2D eigenvalue weighted by atomic mass is 16.5. The second kappa shape index (κ2) is 6.86. The van der Waals surface area contributed by atoms with Crippen LogP contribution in [-0.4, -0.2) is 42.6 Å². The first-order valence-corrected chi connectivity index (χ1v) is 7.22. The quantitative estimate of drug-likeness (QED) is 0.910. The van der Waals surface area contributed by atoms with Gasteiger partial charge in [0.05, 0.1) is 19.3 Å². The van der Waals surface area contributed by atoms with Gasteiger partial charge in [0.15, 0.2) is 0 Å². The van der Waals surface area contributed by atoms with Crippen molar-refractivity contribution in [2.75, 3.05) is 19.7 Å². The lowest BCUT2D eigenvalue weighted by atomic mass is 10.1. The monoisotopic (exact) mass is 276 g/mol. The van der Waals surface area contributed by atoms with Crippen LogP contribution >= 0.6 is 0 Å². The van der Waals surface area contributed by atoms with Crippen molar-refractivity contribution in [3.8, 4) is 0 Å². The number of aryl methyl sites for hydroxylation is 1. The fraction of sp³-hybridized carbons (Fsp3) is 0.562. The standard InChI is InChI=1S/C16H24N2O2/c1-12-4-6-15(7-5-12)8-17-16(19)10-18-9-14(3)20-11-13(18)2/h4-7,13-14H,8-11H2,1-3H3,(H,17,19). The third-order valence-electron chi connectivity index (χ3n) is 3.69. The van der Waals surface area contributed by atoms with E-state index >= 15 is 0 Å². The van der Waals surface area contributed by atoms with Crippen LogP contribution in [0.4, 0.5) is 0 Å². The van der Waals surface area contributed by atoms with Gasteiger partial charge in [-0.1, -0.05) is 29.8 Å². The van der Waals surface area contributed by atoms with Gasteiger partial charge in [-0.3, -0.25) is 9.69 Å². The Labute approximate surface area is 121 Å². The number of nitrogens with zero attached hydrogens (tertiary/aromatic N) is 1. The number of hydrogen-bond acceptors (Lipinski definition) is 3. The van der Waals surface area contributed by atoms with E-state index in [1.807, 2.05) is 6.92 Å². The van der Waals surface area contributed by atoms with Crippen molar-refractivity contribution in [3.63, 3.8) is 0 Å². The molecule has 4 nitrogen and oxygen atoms in total. The molecular weight excluding hydrogens is 252 g/mol. The van der Waals surface area contributed by atoms with Crippen molar-refractivity contribution in [2.24, 2.45) is 0 Å². The normalized spacial score (nSPS) is 23.6. The number of amides is 1. The highest BCUT2D eigenvalue weighted by Crippen LogP contribution is 2.10. The summed E-state index contributed by atoms with van der Waals surface area (Å²) in [6.45, 7) is 8.76. The lowest BCUT2D eigenvalue weighted by Crippen LogP contribution is -2.50. The average Bonchev–Trinajstić information content (AvgIpc) is 2.42. The Morgan fingerprint density at radius 1 is 1.35 bits per heavy atom. The Morgan fingerprint density at radius 2 is 2.05 bits per heavy atom. The molecule has 1 amide bonds. The highest BCUT2D eigenvalue weighted by molar-refractivity contribution is 5.78. The highest BCUT2D eigenvalue weighted by Gasteiger charge is 2.24. The molecule has 2 unspecified atom stereocenters. The molecule has 0 bridgehead atoms. The van der Waals surface area contributed by atoms with Gasteiger partial charge < -0.3 is 10.1 Å². The lowest BCUT2D eigenvalue weighted by molar-refractivity contribution is -0.126. The predicted molar refractivity (Wildman–Crippen MR) is 79.5 cm³/mol. The zero-order valence-electron chi connectivity index (χ0n) is 12.6. The topological polar surface area (TPSA) is 41.6 Å². The molecule has 1 fully saturated rings. The molecular formula is C16H24N2O2. The Bertz CT molecular complexity index is 444. The smallest absolute Gasteiger partial charge is 0.234 e. The Morgan fingerprint density at radius 3 is 2.75 bits per heavy atom. The summed E-state index contributed by atoms with van der Waals surface area (Å²) in [5.74, 6) is 0.0755. The SMILES string of the molecule is Cc1ccc(CNC(=O)CN2CC(C)OCC2C)cc1. The van der Waals surface area contributed by atoms with E-state index in [9.17, 15) is 4.79 Å². The maximum Gasteiger partial charge on any atom is 0.234 e. The van der Waals surface area contributed by atoms with Crippen LogP contribution in [0.5, 0.6) is 0 Å². The molecule has 0 spiro atoms. The van der Waals surface area contributed by atoms with Gasteiger partial charge in [0, 0.05) is 19.1 Å². The van der Waals surface area contributed by atoms with Gasteiger partial charge in [-0.2, -0.15) is 0 Å². The number of carbonyl (C=O) groups is 1. The van der Waals surface area contributed by atoms with Crippen LogP contribution in [0.15, 0.2) is 24.3 Å². The van der Waals surface area contributed by atoms with E-state index in [4.69, 9.17) is 4.74 Å². The van der Waals surface area contributed by atoms with Crippen LogP contribution in [0.2, 0.25) is 0 Å². The molecule has 0 aliphatic carbocycles. The van der Waals surface area contributed by atoms with E-state index < -0.39 is 0 Å². The van der Waals surface area contributed by atoms with E-state index in [1.54, 1.807) is 0 Å². The second-order valence-corrected chi connectivity index (χ2v) is 5.68. The lowest BCUT2D eigenvalue weighted by Gasteiger charge is -2.36. The molecule has 0 radical (unpaired) electrons. The van der Waals surface area contributed by atoms with E-state index in [1.165, 1.54) is 5.56 Å². The summed E-state index contributed by atoms with van der Waals surface area (Å²) in [6.07, 6.45) is 0.205. The molecule has 0 aromatic heterocycles. The molecule has 20 heavy (non-hydrogen) atoms. The maximum absolute atomic E-state index is 12.0. The zero-order chi connectivity index (χ0) is 14.5. The van der Waals surface area contributed by atoms with Gasteiger partial charge in [0.25, 0.3) is 0 Å². The minimum Gasteiger partial charge on any atom is -0.376 e. The first kappa shape index (κ1) is 15.0. The van der Waals surface area contributed by atoms with E-state index in [2.05, 4.69) is 48.3 Å². The van der Waals surface area contributed by atoms with Gasteiger partial charge in [-0.25, -0.2) is 0 Å². The van der Waals surface area contributed by atoms with Crippen LogP contribution in [-0.2, 0) is 16.1 Å². The fourth-order valence-electron chi connectivity index (χ4n) is 2.34. The molecule has 2 rings (SSSR count). The molecule has 1 N–H and O–H groups in total. The van der Waals surface area contributed by atoms with Crippen LogP contribution < -0.4 is 5.32 Å². The van der Waals surface area contributed by atoms with Crippen molar-refractivity contribution in [1.29, 1.82) is 0 Å². The zero-order valence-corrected chi connectivity index (χ0v) is 12.6. The van der Waals surface area contributed by atoms with E-state index in [-0.39, 0.29) is 12.0 Å². The fourth-order valence-corrected chi connectivity index (χ4v) is 2.34. The summed E-state index contributed by atoms with van der Waals surface area (Å²) in [5, 5.41) is 2.98. The van der Waals surface area contributed by atoms with Crippen molar-refractivity contribution in [3.05, 3.63) is 35.4 Å². The van der Waals surface area contributed by atoms with Gasteiger partial charge in [-0.05, 0) is 26.3 Å². The molecule has 1 aromatic rings. The van der Waals surface area contributed by atoms with Crippen LogP contribution in [0.1, 0.15) is 25.0 Å². The minimum absolute atomic E-state index is 0.0755. The number of carbonyl (C=O) groups excluding carboxylic acids is 1. The third kappa shape index (κ3) is 4.32. The van der Waals surface area contributed by atoms with Gasteiger partial charge in [-0.15, -0.1) is 0 Å². The summed E-state index contributed by atoms with van der Waals surface area (Å²) in [6, 6.07) is 8.53. The minimum atomic E-state index is 0.0755. The number of morpholine rings is 1. The molecule has 0 saturated carbocycles. The number of rotatable bonds is 4. The van der Waals surface area contributed by atoms with Crippen LogP contribution in [0, 0.1) is 6.92 Å². The summed E-state index contributed by atoms with van der Waals surface area (Å²) in [4.78, 5) is 14.2. The molecule has 1 heterocycles. The molecule has 4 heteroatoms. The van der Waals surface area contributed by atoms with Crippen molar-refractivity contribution >= 4 is 5.91 Å². The first-order chi connectivity index (χ1) is 9.54. The molecule has 1 aliphatic rings. The second-order valence-electron chi connectivity index (χ2n) is 5.68. The summed E-state index contributed by atoms with van der Waals surface area (Å²) in [7, 11) is 0. The molecule has 2 atom stereocenters. The maximum atomic E-state index is 12.0. The molecule has 110 valence electrons. The largest absolute Gasteiger partial charge is 0.376 e. The number of nitrogens with one attached hydrogen (secondary N) is 1. The van der Waals surface area contributed by atoms with Crippen molar-refractivity contribution in [2.45, 2.75) is 39.5 Å². The van der Waals surface area contributed by atoms with Crippen LogP contribution in [0.3, 0.4) is 0 Å². The Kier molecular flexibility index (Phi) is 5.15. The molecule has 1 aliphatic heterocycles. The summed E-state index contributed by atoms with van der Waals surface area (Å²) >= 11 is 0. The van der Waals surface area contributed by atoms with Gasteiger partial charge in [0.1, 0.15) is 0 Å². The van der Waals surface area contributed by atoms with E-state index in [0.717, 1.165) is 12.1 Å². The number of hydrogen-bond donors (Lipinski definition) is 1. The molecule has 1 aromatic carbocycles. The Hall–Kier alpha value is -1.39. The van der Waals surface area contributed by atoms with Gasteiger partial charge in [0.2, 0.25) is 5.91 Å². The number of benzene rings is 1. The van der Waals surface area contributed by atoms with Crippen LogP contribution in [0.25, 0.3) is 0 Å². The van der Waals surface area contributed by atoms with Gasteiger partial charge >= 0.3 is 0 Å². The van der Waals surface area contributed by atoms with Crippen molar-refractivity contribution < 1.29 is 9.53 Å². The summed E-state index contributed by atoms with van der Waals surface area (Å²) in [5.41, 5.74) is 2.36. The number of ether oxygens (including phenoxy) is 1. The van der Waals surface area contributed by atoms with Crippen molar-refractivity contribution in [1.82, 2.24) is 10.2 Å². The Balaban J connectivity index is 1.78. The average molecular weight is 276 g/mol.